The third kappa shape index (κ3) is 6.61. The van der Waals surface area contributed by atoms with Gasteiger partial charge in [0, 0.05) is 31.2 Å². The van der Waals surface area contributed by atoms with Crippen molar-refractivity contribution < 1.29 is 13.9 Å². The number of piperidine rings is 1. The van der Waals surface area contributed by atoms with E-state index >= 15 is 0 Å². The average Bonchev–Trinajstić information content (AvgIpc) is 3.22. The number of rotatable bonds is 5. The highest BCUT2D eigenvalue weighted by Crippen LogP contribution is 2.19. The highest BCUT2D eigenvalue weighted by Gasteiger charge is 2.23. The van der Waals surface area contributed by atoms with Crippen LogP contribution in [0.1, 0.15) is 31.0 Å². The number of amides is 1. The Kier molecular flexibility index (Phi) is 9.41. The first-order chi connectivity index (χ1) is 14.1. The molecule has 0 aliphatic carbocycles. The molecule has 1 aromatic carbocycles. The number of hydrogen-bond acceptors (Lipinski definition) is 5. The number of likely N-dealkylation sites (tertiary alicyclic amines) is 1. The number of carbonyl (C=O) groups is 1. The minimum atomic E-state index is -0.264. The normalized spacial score (nSPS) is 14.8. The Labute approximate surface area is 194 Å². The predicted octanol–water partition coefficient (Wildman–Crippen LogP) is 3.55. The molecule has 0 spiro atoms. The molecule has 1 aromatic heterocycles. The quantitative estimate of drug-likeness (QED) is 0.351. The van der Waals surface area contributed by atoms with Gasteiger partial charge in [-0.15, -0.1) is 24.0 Å². The lowest BCUT2D eigenvalue weighted by molar-refractivity contribution is 0.111. The highest BCUT2D eigenvalue weighted by atomic mass is 127. The van der Waals surface area contributed by atoms with E-state index in [0.717, 1.165) is 36.6 Å². The van der Waals surface area contributed by atoms with Gasteiger partial charge in [-0.25, -0.2) is 14.8 Å². The highest BCUT2D eigenvalue weighted by molar-refractivity contribution is 14.0. The number of methoxy groups -OCH3 is 1. The molecular formula is C21H30IN5O3. The maximum absolute atomic E-state index is 11.6. The summed E-state index contributed by atoms with van der Waals surface area (Å²) in [5.74, 6) is 1.34. The van der Waals surface area contributed by atoms with E-state index in [1.807, 2.05) is 38.1 Å². The van der Waals surface area contributed by atoms with E-state index in [4.69, 9.17) is 9.15 Å². The first-order valence-corrected chi connectivity index (χ1v) is 9.98. The summed E-state index contributed by atoms with van der Waals surface area (Å²) in [6.45, 7) is 6.61. The van der Waals surface area contributed by atoms with Crippen LogP contribution in [0.4, 0.5) is 4.79 Å². The summed E-state index contributed by atoms with van der Waals surface area (Å²) in [5.41, 5.74) is 2.93. The van der Waals surface area contributed by atoms with Crippen molar-refractivity contribution in [2.75, 3.05) is 26.7 Å². The van der Waals surface area contributed by atoms with Crippen LogP contribution < -0.4 is 10.6 Å². The first kappa shape index (κ1) is 24.0. The largest absolute Gasteiger partial charge is 0.453 e. The number of oxazole rings is 1. The second kappa shape index (κ2) is 11.8. The third-order valence-electron chi connectivity index (χ3n) is 4.86. The van der Waals surface area contributed by atoms with Gasteiger partial charge < -0.3 is 24.7 Å². The number of aryl methyl sites for hydroxylation is 1. The number of carbonyl (C=O) groups excluding carboxylic acids is 1. The average molecular weight is 527 g/mol. The predicted molar refractivity (Wildman–Crippen MR) is 127 cm³/mol. The van der Waals surface area contributed by atoms with Crippen LogP contribution in [0.3, 0.4) is 0 Å². The van der Waals surface area contributed by atoms with Crippen molar-refractivity contribution in [2.24, 2.45) is 4.99 Å². The molecule has 0 radical (unpaired) electrons. The molecule has 2 heterocycles. The SMILES string of the molecule is CCNC(=NCc1coc(-c2ccc(C)cc2)n1)NC1CCN(C(=O)OC)CC1.I. The Bertz CT molecular complexity index is 829. The van der Waals surface area contributed by atoms with Crippen LogP contribution in [-0.4, -0.2) is 54.7 Å². The van der Waals surface area contributed by atoms with Crippen LogP contribution in [0.15, 0.2) is 39.9 Å². The maximum atomic E-state index is 11.6. The van der Waals surface area contributed by atoms with E-state index in [9.17, 15) is 4.79 Å². The second-order valence-electron chi connectivity index (χ2n) is 7.08. The number of nitrogens with zero attached hydrogens (tertiary/aromatic N) is 3. The molecule has 0 unspecified atom stereocenters. The summed E-state index contributed by atoms with van der Waals surface area (Å²) < 4.78 is 10.4. The van der Waals surface area contributed by atoms with Crippen LogP contribution in [0.5, 0.6) is 0 Å². The number of nitrogens with one attached hydrogen (secondary N) is 2. The molecule has 0 bridgehead atoms. The van der Waals surface area contributed by atoms with Gasteiger partial charge in [0.25, 0.3) is 0 Å². The molecular weight excluding hydrogens is 497 g/mol. The molecule has 3 rings (SSSR count). The number of hydrogen-bond donors (Lipinski definition) is 2. The minimum absolute atomic E-state index is 0. The summed E-state index contributed by atoms with van der Waals surface area (Å²) in [5, 5.41) is 6.72. The van der Waals surface area contributed by atoms with E-state index in [-0.39, 0.29) is 36.1 Å². The third-order valence-corrected chi connectivity index (χ3v) is 4.86. The summed E-state index contributed by atoms with van der Waals surface area (Å²) in [6.07, 6.45) is 3.08. The second-order valence-corrected chi connectivity index (χ2v) is 7.08. The van der Waals surface area contributed by atoms with E-state index in [2.05, 4.69) is 20.6 Å². The van der Waals surface area contributed by atoms with Crippen LogP contribution in [0.2, 0.25) is 0 Å². The summed E-state index contributed by atoms with van der Waals surface area (Å²) in [6, 6.07) is 8.34. The van der Waals surface area contributed by atoms with Crippen LogP contribution in [-0.2, 0) is 11.3 Å². The lowest BCUT2D eigenvalue weighted by Crippen LogP contribution is -2.49. The van der Waals surface area contributed by atoms with E-state index < -0.39 is 0 Å². The van der Waals surface area contributed by atoms with Gasteiger partial charge in [0.05, 0.1) is 13.7 Å². The van der Waals surface area contributed by atoms with Crippen molar-refractivity contribution in [1.29, 1.82) is 0 Å². The molecule has 9 heteroatoms. The summed E-state index contributed by atoms with van der Waals surface area (Å²) in [7, 11) is 1.41. The Morgan fingerprint density at radius 2 is 2.00 bits per heavy atom. The summed E-state index contributed by atoms with van der Waals surface area (Å²) in [4.78, 5) is 22.5. The Balaban J connectivity index is 0.00000320. The molecule has 1 aliphatic rings. The van der Waals surface area contributed by atoms with Crippen molar-refractivity contribution in [3.8, 4) is 11.5 Å². The van der Waals surface area contributed by atoms with Gasteiger partial charge in [0.1, 0.15) is 12.0 Å². The fourth-order valence-electron chi connectivity index (χ4n) is 3.22. The monoisotopic (exact) mass is 527 g/mol. The van der Waals surface area contributed by atoms with Crippen molar-refractivity contribution >= 4 is 36.0 Å². The van der Waals surface area contributed by atoms with Gasteiger partial charge in [0.15, 0.2) is 5.96 Å². The number of ether oxygens (including phenoxy) is 1. The number of aromatic nitrogens is 1. The number of aliphatic imine (C=N–C) groups is 1. The fourth-order valence-corrected chi connectivity index (χ4v) is 3.22. The lowest BCUT2D eigenvalue weighted by atomic mass is 10.1. The van der Waals surface area contributed by atoms with Crippen LogP contribution in [0, 0.1) is 6.92 Å². The number of guanidine groups is 1. The number of halogens is 1. The van der Waals surface area contributed by atoms with E-state index in [1.54, 1.807) is 11.2 Å². The molecule has 30 heavy (non-hydrogen) atoms. The van der Waals surface area contributed by atoms with Crippen LogP contribution in [0.25, 0.3) is 11.5 Å². The first-order valence-electron chi connectivity index (χ1n) is 9.98. The van der Waals surface area contributed by atoms with Gasteiger partial charge in [-0.05, 0) is 38.8 Å². The molecule has 164 valence electrons. The van der Waals surface area contributed by atoms with Crippen molar-refractivity contribution in [3.63, 3.8) is 0 Å². The van der Waals surface area contributed by atoms with Gasteiger partial charge in [0.2, 0.25) is 5.89 Å². The topological polar surface area (TPSA) is 92.0 Å². The minimum Gasteiger partial charge on any atom is -0.453 e. The fraction of sp³-hybridized carbons (Fsp3) is 0.476. The molecule has 1 saturated heterocycles. The van der Waals surface area contributed by atoms with Gasteiger partial charge in [-0.1, -0.05) is 17.7 Å². The Morgan fingerprint density at radius 3 is 2.63 bits per heavy atom. The molecule has 2 N–H and O–H groups in total. The maximum Gasteiger partial charge on any atom is 0.409 e. The number of benzene rings is 1. The molecule has 0 atom stereocenters. The zero-order valence-corrected chi connectivity index (χ0v) is 20.0. The molecule has 0 saturated carbocycles. The molecule has 1 fully saturated rings. The van der Waals surface area contributed by atoms with Crippen molar-refractivity contribution in [3.05, 3.63) is 41.8 Å². The van der Waals surface area contributed by atoms with Crippen molar-refractivity contribution in [2.45, 2.75) is 39.3 Å². The molecule has 8 nitrogen and oxygen atoms in total. The molecule has 2 aromatic rings. The molecule has 1 amide bonds. The van der Waals surface area contributed by atoms with Gasteiger partial charge in [-0.3, -0.25) is 0 Å². The zero-order valence-electron chi connectivity index (χ0n) is 17.7. The zero-order chi connectivity index (χ0) is 20.6. The molecule has 1 aliphatic heterocycles. The van der Waals surface area contributed by atoms with E-state index in [1.165, 1.54) is 12.7 Å². The Hall–Kier alpha value is -2.30. The lowest BCUT2D eigenvalue weighted by Gasteiger charge is -2.32. The summed E-state index contributed by atoms with van der Waals surface area (Å²) >= 11 is 0. The van der Waals surface area contributed by atoms with Gasteiger partial charge >= 0.3 is 6.09 Å². The van der Waals surface area contributed by atoms with Gasteiger partial charge in [-0.2, -0.15) is 0 Å². The Morgan fingerprint density at radius 1 is 1.30 bits per heavy atom. The standard InChI is InChI=1S/C21H29N5O3.HI/c1-4-22-20(25-17-9-11-26(12-10-17)21(27)28-3)23-13-18-14-29-19(24-18)16-7-5-15(2)6-8-16;/h5-8,14,17H,4,9-13H2,1-3H3,(H2,22,23,25);1H. The van der Waals surface area contributed by atoms with E-state index in [0.29, 0.717) is 25.5 Å². The van der Waals surface area contributed by atoms with Crippen molar-refractivity contribution in [1.82, 2.24) is 20.5 Å². The van der Waals surface area contributed by atoms with Crippen LogP contribution >= 0.6 is 24.0 Å². The smallest absolute Gasteiger partial charge is 0.409 e.